The number of aromatic nitrogens is 2. The lowest BCUT2D eigenvalue weighted by atomic mass is 10.0. The molecule has 0 atom stereocenters. The predicted octanol–water partition coefficient (Wildman–Crippen LogP) is 2.14. The minimum Gasteiger partial charge on any atom is -0.398 e. The zero-order chi connectivity index (χ0) is 13.8. The summed E-state index contributed by atoms with van der Waals surface area (Å²) in [4.78, 5) is 11.9. The van der Waals surface area contributed by atoms with Gasteiger partial charge in [0.05, 0.1) is 6.20 Å². The van der Waals surface area contributed by atoms with Crippen molar-refractivity contribution >= 4 is 17.5 Å². The highest BCUT2D eigenvalue weighted by molar-refractivity contribution is 5.95. The molecular formula is C15H17N3O. The summed E-state index contributed by atoms with van der Waals surface area (Å²) in [6.45, 7) is 1.98. The van der Waals surface area contributed by atoms with Crippen molar-refractivity contribution in [2.75, 3.05) is 5.73 Å². The summed E-state index contributed by atoms with van der Waals surface area (Å²) < 4.78 is 1.70. The number of nitrogens with zero attached hydrogens (tertiary/aromatic N) is 2. The van der Waals surface area contributed by atoms with Gasteiger partial charge in [-0.25, -0.2) is 0 Å². The molecule has 2 rings (SSSR count). The summed E-state index contributed by atoms with van der Waals surface area (Å²) in [5.41, 5.74) is 9.43. The molecule has 1 heterocycles. The molecule has 0 amide bonds. The van der Waals surface area contributed by atoms with Crippen molar-refractivity contribution in [3.05, 3.63) is 53.4 Å². The van der Waals surface area contributed by atoms with Crippen molar-refractivity contribution in [2.45, 2.75) is 13.3 Å². The van der Waals surface area contributed by atoms with E-state index < -0.39 is 0 Å². The topological polar surface area (TPSA) is 60.9 Å². The fourth-order valence-electron chi connectivity index (χ4n) is 1.84. The number of nitrogen functional groups attached to an aromatic ring is 1. The van der Waals surface area contributed by atoms with Crippen LogP contribution in [0.15, 0.2) is 36.7 Å². The molecule has 98 valence electrons. The molecule has 19 heavy (non-hydrogen) atoms. The Morgan fingerprint density at radius 2 is 2.26 bits per heavy atom. The minimum atomic E-state index is 0.0272. The van der Waals surface area contributed by atoms with Crippen LogP contribution in [0.4, 0.5) is 5.69 Å². The fraction of sp³-hybridized carbons (Fsp3) is 0.200. The zero-order valence-corrected chi connectivity index (χ0v) is 11.1. The number of carbonyl (C=O) groups excluding carboxylic acids is 1. The highest BCUT2D eigenvalue weighted by atomic mass is 16.1. The number of benzene rings is 1. The van der Waals surface area contributed by atoms with Crippen molar-refractivity contribution in [2.24, 2.45) is 7.05 Å². The van der Waals surface area contributed by atoms with E-state index in [0.717, 1.165) is 16.7 Å². The largest absolute Gasteiger partial charge is 0.398 e. The summed E-state index contributed by atoms with van der Waals surface area (Å²) in [7, 11) is 1.84. The number of ketones is 1. The van der Waals surface area contributed by atoms with Crippen molar-refractivity contribution in [1.82, 2.24) is 9.78 Å². The van der Waals surface area contributed by atoms with Crippen LogP contribution in [-0.4, -0.2) is 15.6 Å². The number of hydrogen-bond acceptors (Lipinski definition) is 3. The summed E-state index contributed by atoms with van der Waals surface area (Å²) in [5.74, 6) is 0.0272. The second-order valence-corrected chi connectivity index (χ2v) is 4.63. The van der Waals surface area contributed by atoms with Crippen molar-refractivity contribution in [3.8, 4) is 0 Å². The van der Waals surface area contributed by atoms with Crippen LogP contribution in [0.5, 0.6) is 0 Å². The van der Waals surface area contributed by atoms with Crippen LogP contribution >= 0.6 is 0 Å². The van der Waals surface area contributed by atoms with E-state index in [9.17, 15) is 4.79 Å². The van der Waals surface area contributed by atoms with Gasteiger partial charge >= 0.3 is 0 Å². The van der Waals surface area contributed by atoms with E-state index in [1.54, 1.807) is 23.0 Å². The first-order valence-corrected chi connectivity index (χ1v) is 6.09. The Labute approximate surface area is 112 Å². The maximum atomic E-state index is 11.9. The molecule has 0 saturated heterocycles. The molecule has 4 nitrogen and oxygen atoms in total. The van der Waals surface area contributed by atoms with Gasteiger partial charge in [-0.05, 0) is 36.3 Å². The van der Waals surface area contributed by atoms with Crippen LogP contribution < -0.4 is 5.73 Å². The van der Waals surface area contributed by atoms with Gasteiger partial charge < -0.3 is 5.73 Å². The monoisotopic (exact) mass is 255 g/mol. The van der Waals surface area contributed by atoms with Crippen molar-refractivity contribution in [3.63, 3.8) is 0 Å². The third-order valence-electron chi connectivity index (χ3n) is 2.85. The molecular weight excluding hydrogens is 238 g/mol. The van der Waals surface area contributed by atoms with E-state index in [-0.39, 0.29) is 5.78 Å². The Morgan fingerprint density at radius 1 is 1.47 bits per heavy atom. The molecule has 1 aromatic heterocycles. The molecule has 0 aliphatic carbocycles. The van der Waals surface area contributed by atoms with E-state index in [2.05, 4.69) is 5.10 Å². The Morgan fingerprint density at radius 3 is 2.89 bits per heavy atom. The van der Waals surface area contributed by atoms with Crippen LogP contribution in [0.2, 0.25) is 0 Å². The molecule has 4 heteroatoms. The fourth-order valence-corrected chi connectivity index (χ4v) is 1.84. The Hall–Kier alpha value is -2.36. The van der Waals surface area contributed by atoms with Gasteiger partial charge in [0.2, 0.25) is 0 Å². The zero-order valence-electron chi connectivity index (χ0n) is 11.1. The van der Waals surface area contributed by atoms with Crippen LogP contribution in [0, 0.1) is 6.92 Å². The maximum Gasteiger partial charge on any atom is 0.160 e. The quantitative estimate of drug-likeness (QED) is 0.672. The molecule has 1 aromatic carbocycles. The highest BCUT2D eigenvalue weighted by Gasteiger charge is 2.04. The van der Waals surface area contributed by atoms with E-state index in [1.165, 1.54) is 0 Å². The first kappa shape index (κ1) is 13.1. The molecule has 0 spiro atoms. The lowest BCUT2D eigenvalue weighted by Crippen LogP contribution is -2.02. The highest BCUT2D eigenvalue weighted by Crippen LogP contribution is 2.15. The normalized spacial score (nSPS) is 11.1. The summed E-state index contributed by atoms with van der Waals surface area (Å²) >= 11 is 0. The van der Waals surface area contributed by atoms with Gasteiger partial charge in [0.1, 0.15) is 0 Å². The van der Waals surface area contributed by atoms with Crippen LogP contribution in [-0.2, 0) is 18.3 Å². The van der Waals surface area contributed by atoms with E-state index >= 15 is 0 Å². The van der Waals surface area contributed by atoms with Gasteiger partial charge in [0, 0.05) is 30.9 Å². The second-order valence-electron chi connectivity index (χ2n) is 4.63. The number of aryl methyl sites for hydroxylation is 2. The third-order valence-corrected chi connectivity index (χ3v) is 2.85. The average Bonchev–Trinajstić information content (AvgIpc) is 2.76. The minimum absolute atomic E-state index is 0.0272. The van der Waals surface area contributed by atoms with Gasteiger partial charge in [-0.1, -0.05) is 12.1 Å². The van der Waals surface area contributed by atoms with Gasteiger partial charge in [-0.3, -0.25) is 9.48 Å². The number of hydrogen-bond donors (Lipinski definition) is 1. The van der Waals surface area contributed by atoms with E-state index in [4.69, 9.17) is 5.73 Å². The molecule has 0 fully saturated rings. The van der Waals surface area contributed by atoms with Gasteiger partial charge in [-0.15, -0.1) is 0 Å². The molecule has 2 N–H and O–H groups in total. The van der Waals surface area contributed by atoms with Crippen LogP contribution in [0.3, 0.4) is 0 Å². The Balaban J connectivity index is 2.03. The average molecular weight is 255 g/mol. The summed E-state index contributed by atoms with van der Waals surface area (Å²) in [6.07, 6.45) is 7.22. The SMILES string of the molecule is Cc1ccc(CC(=O)/C=C/c2cnn(C)c2)c(N)c1. The second kappa shape index (κ2) is 5.52. The predicted molar refractivity (Wildman–Crippen MR) is 76.5 cm³/mol. The molecule has 0 unspecified atom stereocenters. The molecule has 0 saturated carbocycles. The van der Waals surface area contributed by atoms with Crippen LogP contribution in [0.1, 0.15) is 16.7 Å². The molecule has 0 aliphatic heterocycles. The first-order chi connectivity index (χ1) is 9.04. The smallest absolute Gasteiger partial charge is 0.160 e. The molecule has 0 radical (unpaired) electrons. The Bertz CT molecular complexity index is 626. The standard InChI is InChI=1S/C15H17N3O/c1-11-3-5-13(15(16)7-11)8-14(19)6-4-12-9-17-18(2)10-12/h3-7,9-10H,8,16H2,1-2H3/b6-4+. The van der Waals surface area contributed by atoms with E-state index in [0.29, 0.717) is 12.1 Å². The number of allylic oxidation sites excluding steroid dienone is 1. The molecule has 0 bridgehead atoms. The van der Waals surface area contributed by atoms with Crippen molar-refractivity contribution < 1.29 is 4.79 Å². The number of nitrogens with two attached hydrogens (primary N) is 1. The summed E-state index contributed by atoms with van der Waals surface area (Å²) in [5, 5.41) is 4.04. The van der Waals surface area contributed by atoms with Gasteiger partial charge in [-0.2, -0.15) is 5.10 Å². The van der Waals surface area contributed by atoms with E-state index in [1.807, 2.05) is 38.4 Å². The third kappa shape index (κ3) is 3.55. The van der Waals surface area contributed by atoms with Gasteiger partial charge in [0.25, 0.3) is 0 Å². The lowest BCUT2D eigenvalue weighted by molar-refractivity contribution is -0.113. The molecule has 0 aliphatic rings. The number of carbonyl (C=O) groups is 1. The van der Waals surface area contributed by atoms with Crippen molar-refractivity contribution in [1.29, 1.82) is 0 Å². The molecule has 2 aromatic rings. The van der Waals surface area contributed by atoms with Gasteiger partial charge in [0.15, 0.2) is 5.78 Å². The Kier molecular flexibility index (Phi) is 3.80. The maximum absolute atomic E-state index is 11.9. The lowest BCUT2D eigenvalue weighted by Gasteiger charge is -2.04. The summed E-state index contributed by atoms with van der Waals surface area (Å²) in [6, 6.07) is 5.75. The number of rotatable bonds is 4. The number of anilines is 1. The first-order valence-electron chi connectivity index (χ1n) is 6.09. The van der Waals surface area contributed by atoms with Crippen LogP contribution in [0.25, 0.3) is 6.08 Å².